The molecule has 0 aliphatic heterocycles. The molecule has 0 radical (unpaired) electrons. The van der Waals surface area contributed by atoms with E-state index in [2.05, 4.69) is 5.32 Å². The maximum Gasteiger partial charge on any atom is 0.408 e. The summed E-state index contributed by atoms with van der Waals surface area (Å²) in [5.41, 5.74) is 2.46. The summed E-state index contributed by atoms with van der Waals surface area (Å²) in [6, 6.07) is 25.0. The minimum absolute atomic E-state index is 0.104. The van der Waals surface area contributed by atoms with E-state index in [1.165, 1.54) is 7.11 Å². The molecule has 1 amide bonds. The van der Waals surface area contributed by atoms with Gasteiger partial charge in [-0.1, -0.05) is 72.8 Å². The standard InChI is InChI=1S/C24H23NO5/c1-28-23(26)22(25-24(27)30-17-19-10-6-3-7-11-19)20-12-14-21(15-13-20)29-16-18-8-4-2-5-9-18/h2-15,22H,16-17H2,1H3,(H,25,27). The normalized spacial score (nSPS) is 11.2. The third-order valence-corrected chi connectivity index (χ3v) is 4.37. The van der Waals surface area contributed by atoms with Crippen molar-refractivity contribution < 1.29 is 23.8 Å². The van der Waals surface area contributed by atoms with Gasteiger partial charge in [-0.05, 0) is 28.8 Å². The molecular formula is C24H23NO5. The van der Waals surface area contributed by atoms with Crippen LogP contribution in [0, 0.1) is 0 Å². The lowest BCUT2D eigenvalue weighted by atomic mass is 10.1. The van der Waals surface area contributed by atoms with Crippen LogP contribution in [0.2, 0.25) is 0 Å². The summed E-state index contributed by atoms with van der Waals surface area (Å²) >= 11 is 0. The molecular weight excluding hydrogens is 382 g/mol. The Morgan fingerprint density at radius 2 is 1.37 bits per heavy atom. The molecule has 3 aromatic rings. The maximum atomic E-state index is 12.2. The summed E-state index contributed by atoms with van der Waals surface area (Å²) in [5, 5.41) is 2.56. The summed E-state index contributed by atoms with van der Waals surface area (Å²) in [4.78, 5) is 24.4. The third-order valence-electron chi connectivity index (χ3n) is 4.37. The highest BCUT2D eigenvalue weighted by atomic mass is 16.6. The molecule has 0 heterocycles. The molecule has 3 aromatic carbocycles. The van der Waals surface area contributed by atoms with Crippen molar-refractivity contribution in [1.82, 2.24) is 5.32 Å². The van der Waals surface area contributed by atoms with Crippen LogP contribution >= 0.6 is 0 Å². The zero-order chi connectivity index (χ0) is 21.2. The van der Waals surface area contributed by atoms with E-state index in [-0.39, 0.29) is 6.61 Å². The van der Waals surface area contributed by atoms with Crippen LogP contribution in [-0.4, -0.2) is 19.2 Å². The van der Waals surface area contributed by atoms with Crippen LogP contribution in [0.3, 0.4) is 0 Å². The van der Waals surface area contributed by atoms with Gasteiger partial charge in [0.2, 0.25) is 0 Å². The van der Waals surface area contributed by atoms with Crippen molar-refractivity contribution in [2.45, 2.75) is 19.3 Å². The van der Waals surface area contributed by atoms with Gasteiger partial charge in [-0.15, -0.1) is 0 Å². The second kappa shape index (κ2) is 10.7. The second-order valence-electron chi connectivity index (χ2n) is 6.51. The van der Waals surface area contributed by atoms with Crippen molar-refractivity contribution in [3.63, 3.8) is 0 Å². The lowest BCUT2D eigenvalue weighted by Crippen LogP contribution is -2.34. The molecule has 0 spiro atoms. The summed E-state index contributed by atoms with van der Waals surface area (Å²) in [5.74, 6) is 0.0579. The van der Waals surface area contributed by atoms with E-state index < -0.39 is 18.1 Å². The molecule has 0 bridgehead atoms. The summed E-state index contributed by atoms with van der Waals surface area (Å²) < 4.78 is 15.8. The Bertz CT molecular complexity index is 942. The van der Waals surface area contributed by atoms with Gasteiger partial charge in [0.25, 0.3) is 0 Å². The summed E-state index contributed by atoms with van der Waals surface area (Å²) in [6.07, 6.45) is -0.710. The van der Waals surface area contributed by atoms with Gasteiger partial charge in [0, 0.05) is 0 Å². The topological polar surface area (TPSA) is 73.9 Å². The monoisotopic (exact) mass is 405 g/mol. The van der Waals surface area contributed by atoms with Crippen LogP contribution in [0.4, 0.5) is 4.79 Å². The number of hydrogen-bond donors (Lipinski definition) is 1. The fraction of sp³-hybridized carbons (Fsp3) is 0.167. The van der Waals surface area contributed by atoms with Crippen molar-refractivity contribution in [2.24, 2.45) is 0 Å². The van der Waals surface area contributed by atoms with E-state index >= 15 is 0 Å². The lowest BCUT2D eigenvalue weighted by molar-refractivity contribution is -0.143. The number of hydrogen-bond acceptors (Lipinski definition) is 5. The van der Waals surface area contributed by atoms with E-state index in [4.69, 9.17) is 14.2 Å². The van der Waals surface area contributed by atoms with Crippen molar-refractivity contribution in [1.29, 1.82) is 0 Å². The van der Waals surface area contributed by atoms with Gasteiger partial charge in [0.15, 0.2) is 6.04 Å². The molecule has 0 saturated heterocycles. The van der Waals surface area contributed by atoms with Gasteiger partial charge in [-0.3, -0.25) is 0 Å². The molecule has 0 fully saturated rings. The third kappa shape index (κ3) is 6.10. The molecule has 1 unspecified atom stereocenters. The first-order valence-corrected chi connectivity index (χ1v) is 9.47. The van der Waals surface area contributed by atoms with Crippen molar-refractivity contribution in [3.8, 4) is 5.75 Å². The van der Waals surface area contributed by atoms with Gasteiger partial charge in [0.05, 0.1) is 7.11 Å². The molecule has 0 aliphatic carbocycles. The van der Waals surface area contributed by atoms with Crippen LogP contribution in [0.25, 0.3) is 0 Å². The summed E-state index contributed by atoms with van der Waals surface area (Å²) in [7, 11) is 1.27. The van der Waals surface area contributed by atoms with Crippen LogP contribution < -0.4 is 10.1 Å². The Balaban J connectivity index is 1.60. The molecule has 0 saturated carbocycles. The number of esters is 1. The van der Waals surface area contributed by atoms with Crippen LogP contribution in [-0.2, 0) is 27.5 Å². The number of ether oxygens (including phenoxy) is 3. The van der Waals surface area contributed by atoms with E-state index in [0.29, 0.717) is 17.9 Å². The fourth-order valence-electron chi connectivity index (χ4n) is 2.78. The lowest BCUT2D eigenvalue weighted by Gasteiger charge is -2.17. The zero-order valence-corrected chi connectivity index (χ0v) is 16.6. The van der Waals surface area contributed by atoms with E-state index in [1.54, 1.807) is 24.3 Å². The van der Waals surface area contributed by atoms with Crippen molar-refractivity contribution >= 4 is 12.1 Å². The molecule has 154 valence electrons. The Labute approximate surface area is 175 Å². The van der Waals surface area contributed by atoms with Gasteiger partial charge < -0.3 is 19.5 Å². The van der Waals surface area contributed by atoms with Gasteiger partial charge in [-0.2, -0.15) is 0 Å². The molecule has 1 N–H and O–H groups in total. The minimum Gasteiger partial charge on any atom is -0.489 e. The fourth-order valence-corrected chi connectivity index (χ4v) is 2.78. The average molecular weight is 405 g/mol. The number of benzene rings is 3. The molecule has 0 aliphatic rings. The quantitative estimate of drug-likeness (QED) is 0.562. The van der Waals surface area contributed by atoms with Crippen molar-refractivity contribution in [3.05, 3.63) is 102 Å². The maximum absolute atomic E-state index is 12.2. The predicted molar refractivity (Wildman–Crippen MR) is 112 cm³/mol. The number of methoxy groups -OCH3 is 1. The largest absolute Gasteiger partial charge is 0.489 e. The molecule has 1 atom stereocenters. The summed E-state index contributed by atoms with van der Waals surface area (Å²) in [6.45, 7) is 0.539. The number of alkyl carbamates (subject to hydrolysis) is 1. The van der Waals surface area contributed by atoms with Crippen molar-refractivity contribution in [2.75, 3.05) is 7.11 Å². The first-order chi connectivity index (χ1) is 14.7. The average Bonchev–Trinajstić information content (AvgIpc) is 2.81. The molecule has 3 rings (SSSR count). The van der Waals surface area contributed by atoms with Gasteiger partial charge in [-0.25, -0.2) is 9.59 Å². The zero-order valence-electron chi connectivity index (χ0n) is 16.6. The van der Waals surface area contributed by atoms with E-state index in [0.717, 1.165) is 11.1 Å². The first-order valence-electron chi connectivity index (χ1n) is 9.47. The Hall–Kier alpha value is -3.80. The van der Waals surface area contributed by atoms with Gasteiger partial charge in [0.1, 0.15) is 19.0 Å². The van der Waals surface area contributed by atoms with Crippen LogP contribution in [0.5, 0.6) is 5.75 Å². The highest BCUT2D eigenvalue weighted by Gasteiger charge is 2.24. The molecule has 6 nitrogen and oxygen atoms in total. The molecule has 30 heavy (non-hydrogen) atoms. The Morgan fingerprint density at radius 1 is 0.800 bits per heavy atom. The van der Waals surface area contributed by atoms with E-state index in [9.17, 15) is 9.59 Å². The second-order valence-corrected chi connectivity index (χ2v) is 6.51. The highest BCUT2D eigenvalue weighted by Crippen LogP contribution is 2.20. The molecule has 6 heteroatoms. The van der Waals surface area contributed by atoms with Crippen LogP contribution in [0.15, 0.2) is 84.9 Å². The number of nitrogens with one attached hydrogen (secondary N) is 1. The smallest absolute Gasteiger partial charge is 0.408 e. The van der Waals surface area contributed by atoms with Gasteiger partial charge >= 0.3 is 12.1 Å². The SMILES string of the molecule is COC(=O)C(NC(=O)OCc1ccccc1)c1ccc(OCc2ccccc2)cc1. The van der Waals surface area contributed by atoms with Crippen LogP contribution in [0.1, 0.15) is 22.7 Å². The number of carbonyl (C=O) groups excluding carboxylic acids is 2. The first kappa shape index (κ1) is 20.9. The highest BCUT2D eigenvalue weighted by molar-refractivity contribution is 5.82. The Morgan fingerprint density at radius 3 is 1.93 bits per heavy atom. The minimum atomic E-state index is -0.985. The predicted octanol–water partition coefficient (Wildman–Crippen LogP) is 4.41. The Kier molecular flexibility index (Phi) is 7.44. The number of rotatable bonds is 8. The molecule has 0 aromatic heterocycles. The van der Waals surface area contributed by atoms with E-state index in [1.807, 2.05) is 60.7 Å². The number of amides is 1. The number of carbonyl (C=O) groups is 2.